The van der Waals surface area contributed by atoms with E-state index in [1.807, 2.05) is 0 Å². The molecule has 0 aromatic heterocycles. The first-order chi connectivity index (χ1) is 11.5. The maximum absolute atomic E-state index is 12.5. The summed E-state index contributed by atoms with van der Waals surface area (Å²) in [5, 5.41) is 0.757. The van der Waals surface area contributed by atoms with Crippen LogP contribution in [0.3, 0.4) is 0 Å². The second-order valence-electron chi connectivity index (χ2n) is 5.27. The Balaban J connectivity index is 1.90. The second kappa shape index (κ2) is 7.62. The molecule has 0 radical (unpaired) electrons. The summed E-state index contributed by atoms with van der Waals surface area (Å²) in [5.41, 5.74) is 0. The van der Waals surface area contributed by atoms with Crippen LogP contribution in [0.1, 0.15) is 12.8 Å². The zero-order valence-corrected chi connectivity index (χ0v) is 16.6. The van der Waals surface area contributed by atoms with E-state index in [0.717, 1.165) is 17.3 Å². The normalized spacial score (nSPS) is 15.2. The number of halogens is 3. The molecule has 128 valence electrons. The molecular weight excluding hydrogens is 437 g/mol. The van der Waals surface area contributed by atoms with Crippen LogP contribution in [0.4, 0.5) is 0 Å². The first-order valence-corrected chi connectivity index (χ1v) is 9.86. The Bertz CT molecular complexity index is 776. The fourth-order valence-electron chi connectivity index (χ4n) is 2.03. The number of benzene rings is 2. The van der Waals surface area contributed by atoms with E-state index >= 15 is 0 Å². The zero-order valence-electron chi connectivity index (χ0n) is 12.6. The first kappa shape index (κ1) is 18.0. The smallest absolute Gasteiger partial charge is 0.164 e. The molecule has 1 unspecified atom stereocenters. The standard InChI is InChI=1S/C16H14BrCl2NO3S/c1-22-14-5-4-11(8-15(14)24(21)20-10-2-3-10)23-16-12(18)6-9(17)7-13(16)19/h4-8,10,20H,2-3H2,1H3. The van der Waals surface area contributed by atoms with Crippen molar-refractivity contribution >= 4 is 50.1 Å². The molecule has 0 heterocycles. The van der Waals surface area contributed by atoms with Crippen LogP contribution in [0.25, 0.3) is 0 Å². The van der Waals surface area contributed by atoms with Crippen molar-refractivity contribution in [2.24, 2.45) is 0 Å². The molecule has 1 aliphatic carbocycles. The molecule has 2 aromatic rings. The van der Waals surface area contributed by atoms with Crippen LogP contribution in [0.15, 0.2) is 39.7 Å². The van der Waals surface area contributed by atoms with Gasteiger partial charge in [0.05, 0.1) is 22.1 Å². The molecule has 1 aliphatic rings. The minimum absolute atomic E-state index is 0.301. The van der Waals surface area contributed by atoms with E-state index in [4.69, 9.17) is 32.7 Å². The highest BCUT2D eigenvalue weighted by atomic mass is 79.9. The lowest BCUT2D eigenvalue weighted by molar-refractivity contribution is 0.401. The van der Waals surface area contributed by atoms with Gasteiger partial charge >= 0.3 is 0 Å². The highest BCUT2D eigenvalue weighted by Gasteiger charge is 2.25. The molecular formula is C16H14BrCl2NO3S. The monoisotopic (exact) mass is 449 g/mol. The topological polar surface area (TPSA) is 47.6 Å². The Morgan fingerprint density at radius 3 is 2.46 bits per heavy atom. The summed E-state index contributed by atoms with van der Waals surface area (Å²) >= 11 is 15.7. The van der Waals surface area contributed by atoms with Crippen LogP contribution in [0.2, 0.25) is 10.0 Å². The molecule has 0 saturated heterocycles. The van der Waals surface area contributed by atoms with Crippen molar-refractivity contribution in [1.82, 2.24) is 4.72 Å². The number of hydrogen-bond donors (Lipinski definition) is 1. The summed E-state index contributed by atoms with van der Waals surface area (Å²) in [7, 11) is 0.164. The number of rotatable bonds is 6. The Morgan fingerprint density at radius 2 is 1.88 bits per heavy atom. The second-order valence-corrected chi connectivity index (χ2v) is 8.22. The van der Waals surface area contributed by atoms with E-state index < -0.39 is 11.0 Å². The summed E-state index contributed by atoms with van der Waals surface area (Å²) < 4.78 is 27.4. The molecule has 0 aliphatic heterocycles. The summed E-state index contributed by atoms with van der Waals surface area (Å²) in [6.45, 7) is 0. The maximum Gasteiger partial charge on any atom is 0.164 e. The highest BCUT2D eigenvalue weighted by Crippen LogP contribution is 2.40. The third-order valence-corrected chi connectivity index (χ3v) is 5.65. The Kier molecular flexibility index (Phi) is 5.72. The summed E-state index contributed by atoms with van der Waals surface area (Å²) in [6.07, 6.45) is 2.07. The molecule has 3 rings (SSSR count). The molecule has 1 N–H and O–H groups in total. The van der Waals surface area contributed by atoms with Gasteiger partial charge in [0, 0.05) is 16.6 Å². The van der Waals surface area contributed by atoms with Crippen molar-refractivity contribution in [3.8, 4) is 17.2 Å². The fraction of sp³-hybridized carbons (Fsp3) is 0.250. The van der Waals surface area contributed by atoms with E-state index in [9.17, 15) is 4.21 Å². The largest absolute Gasteiger partial charge is 0.495 e. The minimum Gasteiger partial charge on any atom is -0.495 e. The van der Waals surface area contributed by atoms with Crippen LogP contribution in [0.5, 0.6) is 17.2 Å². The van der Waals surface area contributed by atoms with Crippen LogP contribution in [-0.4, -0.2) is 17.4 Å². The van der Waals surface area contributed by atoms with Crippen molar-refractivity contribution in [2.45, 2.75) is 23.8 Å². The predicted octanol–water partition coefficient (Wildman–Crippen LogP) is 5.33. The van der Waals surface area contributed by atoms with Gasteiger partial charge in [0.15, 0.2) is 5.75 Å². The van der Waals surface area contributed by atoms with Gasteiger partial charge in [-0.25, -0.2) is 8.93 Å². The van der Waals surface area contributed by atoms with Crippen molar-refractivity contribution in [3.63, 3.8) is 0 Å². The lowest BCUT2D eigenvalue weighted by Crippen LogP contribution is -2.19. The molecule has 24 heavy (non-hydrogen) atoms. The Hall–Kier alpha value is -0.790. The average molecular weight is 451 g/mol. The van der Waals surface area contributed by atoms with Gasteiger partial charge in [-0.2, -0.15) is 0 Å². The molecule has 1 saturated carbocycles. The predicted molar refractivity (Wildman–Crippen MR) is 99.8 cm³/mol. The van der Waals surface area contributed by atoms with Gasteiger partial charge < -0.3 is 9.47 Å². The molecule has 8 heteroatoms. The summed E-state index contributed by atoms with van der Waals surface area (Å²) in [5.74, 6) is 1.35. The molecule has 4 nitrogen and oxygen atoms in total. The SMILES string of the molecule is COc1ccc(Oc2c(Cl)cc(Br)cc2Cl)cc1S(=O)NC1CC1. The van der Waals surface area contributed by atoms with Gasteiger partial charge in [-0.3, -0.25) is 0 Å². The van der Waals surface area contributed by atoms with Crippen LogP contribution >= 0.6 is 39.1 Å². The van der Waals surface area contributed by atoms with Gasteiger partial charge in [-0.15, -0.1) is 0 Å². The number of hydrogen-bond acceptors (Lipinski definition) is 3. The number of methoxy groups -OCH3 is 1. The minimum atomic E-state index is -1.37. The van der Waals surface area contributed by atoms with Crippen molar-refractivity contribution in [1.29, 1.82) is 0 Å². The zero-order chi connectivity index (χ0) is 17.3. The van der Waals surface area contributed by atoms with Crippen molar-refractivity contribution in [2.75, 3.05) is 7.11 Å². The van der Waals surface area contributed by atoms with Gasteiger partial charge in [0.1, 0.15) is 22.5 Å². The van der Waals surface area contributed by atoms with Crippen molar-refractivity contribution < 1.29 is 13.7 Å². The van der Waals surface area contributed by atoms with E-state index in [1.54, 1.807) is 30.3 Å². The molecule has 2 aromatic carbocycles. The number of nitrogens with one attached hydrogen (secondary N) is 1. The van der Waals surface area contributed by atoms with Crippen LogP contribution < -0.4 is 14.2 Å². The van der Waals surface area contributed by atoms with Crippen LogP contribution in [-0.2, 0) is 11.0 Å². The third-order valence-electron chi connectivity index (χ3n) is 3.37. The van der Waals surface area contributed by atoms with Crippen LogP contribution in [0, 0.1) is 0 Å². The van der Waals surface area contributed by atoms with Gasteiger partial charge in [-0.1, -0.05) is 39.1 Å². The average Bonchev–Trinajstić information content (AvgIpc) is 3.34. The number of ether oxygens (including phenoxy) is 2. The lowest BCUT2D eigenvalue weighted by atomic mass is 10.3. The van der Waals surface area contributed by atoms with Crippen molar-refractivity contribution in [3.05, 3.63) is 44.8 Å². The van der Waals surface area contributed by atoms with Gasteiger partial charge in [-0.05, 0) is 37.1 Å². The summed E-state index contributed by atoms with van der Waals surface area (Å²) in [4.78, 5) is 0.520. The molecule has 0 spiro atoms. The Labute approximate surface area is 161 Å². The van der Waals surface area contributed by atoms with E-state index in [0.29, 0.717) is 38.2 Å². The maximum atomic E-state index is 12.5. The first-order valence-electron chi connectivity index (χ1n) is 7.16. The molecule has 0 bridgehead atoms. The molecule has 1 atom stereocenters. The Morgan fingerprint density at radius 1 is 1.21 bits per heavy atom. The van der Waals surface area contributed by atoms with E-state index in [2.05, 4.69) is 20.7 Å². The molecule has 1 fully saturated rings. The molecule has 0 amide bonds. The van der Waals surface area contributed by atoms with Gasteiger partial charge in [0.2, 0.25) is 0 Å². The summed E-state index contributed by atoms with van der Waals surface area (Å²) in [6, 6.07) is 8.78. The van der Waals surface area contributed by atoms with Gasteiger partial charge in [0.25, 0.3) is 0 Å². The lowest BCUT2D eigenvalue weighted by Gasteiger charge is -2.13. The van der Waals surface area contributed by atoms with E-state index in [1.165, 1.54) is 7.11 Å². The highest BCUT2D eigenvalue weighted by molar-refractivity contribution is 9.10. The quantitative estimate of drug-likeness (QED) is 0.646. The fourth-order valence-corrected chi connectivity index (χ4v) is 4.53. The third kappa shape index (κ3) is 4.24. The van der Waals surface area contributed by atoms with E-state index in [-0.39, 0.29) is 0 Å².